The van der Waals surface area contributed by atoms with Gasteiger partial charge < -0.3 is 10.6 Å². The van der Waals surface area contributed by atoms with Crippen molar-refractivity contribution in [1.82, 2.24) is 4.90 Å². The number of hydrogen-bond acceptors (Lipinski definition) is 2. The van der Waals surface area contributed by atoms with E-state index in [0.29, 0.717) is 10.7 Å². The van der Waals surface area contributed by atoms with Crippen LogP contribution >= 0.6 is 11.6 Å². The molecule has 14 heavy (non-hydrogen) atoms. The highest BCUT2D eigenvalue weighted by Crippen LogP contribution is 2.20. The van der Waals surface area contributed by atoms with Crippen LogP contribution in [0.4, 0.5) is 5.69 Å². The molecule has 1 rings (SSSR count). The highest BCUT2D eigenvalue weighted by atomic mass is 35.5. The molecule has 1 aromatic rings. The highest BCUT2D eigenvalue weighted by molar-refractivity contribution is 6.33. The first-order valence-electron chi connectivity index (χ1n) is 4.86. The third-order valence-corrected chi connectivity index (χ3v) is 2.46. The third kappa shape index (κ3) is 3.20. The Morgan fingerprint density at radius 3 is 2.71 bits per heavy atom. The lowest BCUT2D eigenvalue weighted by atomic mass is 10.2. The summed E-state index contributed by atoms with van der Waals surface area (Å²) in [6.45, 7) is 4.20. The lowest BCUT2D eigenvalue weighted by Crippen LogP contribution is -2.18. The van der Waals surface area contributed by atoms with Gasteiger partial charge in [-0.25, -0.2) is 0 Å². The molecule has 0 aliphatic carbocycles. The molecule has 0 aromatic heterocycles. The number of hydrogen-bond donors (Lipinski definition) is 1. The topological polar surface area (TPSA) is 29.3 Å². The van der Waals surface area contributed by atoms with Gasteiger partial charge in [0.25, 0.3) is 0 Å². The van der Waals surface area contributed by atoms with Gasteiger partial charge in [-0.2, -0.15) is 0 Å². The molecule has 2 N–H and O–H groups in total. The first kappa shape index (κ1) is 11.3. The molecular formula is C11H17ClN2. The molecule has 0 saturated carbocycles. The van der Waals surface area contributed by atoms with Gasteiger partial charge in [0, 0.05) is 6.54 Å². The molecule has 0 bridgehead atoms. The van der Waals surface area contributed by atoms with Gasteiger partial charge in [0.2, 0.25) is 0 Å². The summed E-state index contributed by atoms with van der Waals surface area (Å²) in [5.74, 6) is 0. The second kappa shape index (κ2) is 5.23. The zero-order chi connectivity index (χ0) is 10.6. The highest BCUT2D eigenvalue weighted by Gasteiger charge is 2.01. The summed E-state index contributed by atoms with van der Waals surface area (Å²) >= 11 is 5.84. The van der Waals surface area contributed by atoms with E-state index >= 15 is 0 Å². The average Bonchev–Trinajstić information content (AvgIpc) is 2.12. The van der Waals surface area contributed by atoms with Gasteiger partial charge >= 0.3 is 0 Å². The van der Waals surface area contributed by atoms with Gasteiger partial charge in [-0.1, -0.05) is 24.6 Å². The zero-order valence-electron chi connectivity index (χ0n) is 8.76. The van der Waals surface area contributed by atoms with Crippen molar-refractivity contribution >= 4 is 17.3 Å². The summed E-state index contributed by atoms with van der Waals surface area (Å²) in [6, 6.07) is 5.81. The standard InChI is InChI=1S/C11H17ClN2/c1-3-6-14(2)8-9-4-5-10(12)11(13)7-9/h4-5,7H,3,6,8,13H2,1-2H3. The number of nitrogens with two attached hydrogens (primary N) is 1. The Bertz CT molecular complexity index is 299. The molecule has 0 spiro atoms. The second-order valence-corrected chi connectivity index (χ2v) is 4.00. The molecule has 0 amide bonds. The van der Waals surface area contributed by atoms with Gasteiger partial charge in [0.05, 0.1) is 10.7 Å². The van der Waals surface area contributed by atoms with Gasteiger partial charge in [0.1, 0.15) is 0 Å². The van der Waals surface area contributed by atoms with Crippen LogP contribution in [0.1, 0.15) is 18.9 Å². The van der Waals surface area contributed by atoms with E-state index in [-0.39, 0.29) is 0 Å². The van der Waals surface area contributed by atoms with E-state index in [1.54, 1.807) is 0 Å². The van der Waals surface area contributed by atoms with Gasteiger partial charge in [0.15, 0.2) is 0 Å². The summed E-state index contributed by atoms with van der Waals surface area (Å²) < 4.78 is 0. The Balaban J connectivity index is 2.63. The number of rotatable bonds is 4. The number of benzene rings is 1. The van der Waals surface area contributed by atoms with Crippen LogP contribution in [-0.4, -0.2) is 18.5 Å². The molecule has 0 fully saturated rings. The molecule has 3 heteroatoms. The van der Waals surface area contributed by atoms with E-state index in [1.165, 1.54) is 12.0 Å². The van der Waals surface area contributed by atoms with E-state index < -0.39 is 0 Å². The van der Waals surface area contributed by atoms with E-state index in [9.17, 15) is 0 Å². The summed E-state index contributed by atoms with van der Waals surface area (Å²) in [5.41, 5.74) is 7.59. The second-order valence-electron chi connectivity index (χ2n) is 3.59. The maximum absolute atomic E-state index is 5.84. The van der Waals surface area contributed by atoms with Crippen LogP contribution in [-0.2, 0) is 6.54 Å². The number of nitrogens with zero attached hydrogens (tertiary/aromatic N) is 1. The predicted octanol–water partition coefficient (Wildman–Crippen LogP) is 2.76. The smallest absolute Gasteiger partial charge is 0.0635 e. The van der Waals surface area contributed by atoms with Crippen molar-refractivity contribution in [1.29, 1.82) is 0 Å². The summed E-state index contributed by atoms with van der Waals surface area (Å²) in [4.78, 5) is 2.27. The molecule has 78 valence electrons. The first-order valence-corrected chi connectivity index (χ1v) is 5.23. The molecule has 0 unspecified atom stereocenters. The number of halogens is 1. The van der Waals surface area contributed by atoms with Crippen molar-refractivity contribution < 1.29 is 0 Å². The van der Waals surface area contributed by atoms with Crippen LogP contribution < -0.4 is 5.73 Å². The average molecular weight is 213 g/mol. The van der Waals surface area contributed by atoms with Crippen LogP contribution in [0.15, 0.2) is 18.2 Å². The van der Waals surface area contributed by atoms with E-state index in [2.05, 4.69) is 18.9 Å². The normalized spacial score (nSPS) is 10.9. The van der Waals surface area contributed by atoms with Crippen molar-refractivity contribution in [3.05, 3.63) is 28.8 Å². The Kier molecular flexibility index (Phi) is 4.23. The monoisotopic (exact) mass is 212 g/mol. The molecule has 0 atom stereocenters. The van der Waals surface area contributed by atoms with Gasteiger partial charge in [-0.3, -0.25) is 0 Å². The minimum Gasteiger partial charge on any atom is -0.398 e. The summed E-state index contributed by atoms with van der Waals surface area (Å²) in [5, 5.41) is 0.631. The minimum atomic E-state index is 0.631. The quantitative estimate of drug-likeness (QED) is 0.778. The maximum Gasteiger partial charge on any atom is 0.0635 e. The van der Waals surface area contributed by atoms with Crippen molar-refractivity contribution in [3.63, 3.8) is 0 Å². The van der Waals surface area contributed by atoms with Gasteiger partial charge in [-0.15, -0.1) is 0 Å². The van der Waals surface area contributed by atoms with Crippen molar-refractivity contribution in [3.8, 4) is 0 Å². The van der Waals surface area contributed by atoms with E-state index in [4.69, 9.17) is 17.3 Å². The lowest BCUT2D eigenvalue weighted by Gasteiger charge is -2.15. The fourth-order valence-electron chi connectivity index (χ4n) is 1.46. The number of anilines is 1. The third-order valence-electron chi connectivity index (χ3n) is 2.12. The Morgan fingerprint density at radius 1 is 1.43 bits per heavy atom. The minimum absolute atomic E-state index is 0.631. The fraction of sp³-hybridized carbons (Fsp3) is 0.455. The van der Waals surface area contributed by atoms with Crippen LogP contribution in [0.3, 0.4) is 0 Å². The summed E-state index contributed by atoms with van der Waals surface area (Å²) in [7, 11) is 2.11. The molecule has 0 aliphatic rings. The van der Waals surface area contributed by atoms with Crippen molar-refractivity contribution in [2.24, 2.45) is 0 Å². The van der Waals surface area contributed by atoms with Crippen LogP contribution in [0.2, 0.25) is 5.02 Å². The van der Waals surface area contributed by atoms with Crippen molar-refractivity contribution in [2.45, 2.75) is 19.9 Å². The molecule has 0 heterocycles. The molecular weight excluding hydrogens is 196 g/mol. The van der Waals surface area contributed by atoms with Crippen LogP contribution in [0.5, 0.6) is 0 Å². The molecule has 2 nitrogen and oxygen atoms in total. The van der Waals surface area contributed by atoms with Crippen molar-refractivity contribution in [2.75, 3.05) is 19.3 Å². The summed E-state index contributed by atoms with van der Waals surface area (Å²) in [6.07, 6.45) is 1.17. The number of nitrogen functional groups attached to an aromatic ring is 1. The predicted molar refractivity (Wildman–Crippen MR) is 62.5 cm³/mol. The lowest BCUT2D eigenvalue weighted by molar-refractivity contribution is 0.327. The molecule has 0 aliphatic heterocycles. The van der Waals surface area contributed by atoms with E-state index in [1.807, 2.05) is 18.2 Å². The fourth-order valence-corrected chi connectivity index (χ4v) is 1.58. The van der Waals surface area contributed by atoms with Gasteiger partial charge in [-0.05, 0) is 37.7 Å². The Hall–Kier alpha value is -0.730. The maximum atomic E-state index is 5.84. The molecule has 0 radical (unpaired) electrons. The van der Waals surface area contributed by atoms with Crippen LogP contribution in [0.25, 0.3) is 0 Å². The molecule has 0 saturated heterocycles. The molecule has 1 aromatic carbocycles. The van der Waals surface area contributed by atoms with Crippen LogP contribution in [0, 0.1) is 0 Å². The zero-order valence-corrected chi connectivity index (χ0v) is 9.51. The van der Waals surface area contributed by atoms with E-state index in [0.717, 1.165) is 13.1 Å². The Labute approximate surface area is 90.7 Å². The Morgan fingerprint density at radius 2 is 2.14 bits per heavy atom. The first-order chi connectivity index (χ1) is 6.63. The SMILES string of the molecule is CCCN(C)Cc1ccc(Cl)c(N)c1. The largest absolute Gasteiger partial charge is 0.398 e.